The zero-order valence-electron chi connectivity index (χ0n) is 16.2. The zero-order valence-corrected chi connectivity index (χ0v) is 17.0. The van der Waals surface area contributed by atoms with E-state index in [-0.39, 0.29) is 56.5 Å². The molecule has 1 atom stereocenters. The molecule has 0 spiro atoms. The molecule has 1 aromatic carbocycles. The number of benzene rings is 1. The van der Waals surface area contributed by atoms with Crippen LogP contribution in [0.3, 0.4) is 0 Å². The van der Waals surface area contributed by atoms with E-state index in [1.54, 1.807) is 38.1 Å². The van der Waals surface area contributed by atoms with Crippen LogP contribution in [0.1, 0.15) is 25.3 Å². The minimum atomic E-state index is -0.752. The molecule has 2 rings (SSSR count). The number of esters is 2. The van der Waals surface area contributed by atoms with Crippen molar-refractivity contribution in [1.82, 2.24) is 5.32 Å². The molecule has 0 aliphatic carbocycles. The quantitative estimate of drug-likeness (QED) is 0.350. The van der Waals surface area contributed by atoms with Gasteiger partial charge in [0.2, 0.25) is 0 Å². The molecule has 0 saturated heterocycles. The third-order valence-electron chi connectivity index (χ3n) is 4.27. The maximum absolute atomic E-state index is 12.9. The van der Waals surface area contributed by atoms with Crippen molar-refractivity contribution >= 4 is 61.3 Å². The summed E-state index contributed by atoms with van der Waals surface area (Å²) < 4.78 is 15.8. The number of carbonyl (C=O) groups is 2. The Morgan fingerprint density at radius 1 is 1.21 bits per heavy atom. The van der Waals surface area contributed by atoms with E-state index in [9.17, 15) is 9.59 Å². The molecule has 0 aromatic heterocycles. The summed E-state index contributed by atoms with van der Waals surface area (Å²) in [5, 5.41) is 3.52. The van der Waals surface area contributed by atoms with Crippen LogP contribution < -0.4 is 11.1 Å². The van der Waals surface area contributed by atoms with Crippen molar-refractivity contribution < 1.29 is 23.8 Å². The molecule has 0 amide bonds. The molecule has 1 heterocycles. The molecule has 0 fully saturated rings. The molecule has 1 aliphatic heterocycles. The zero-order chi connectivity index (χ0) is 20.7. The molecule has 3 N–H and O–H groups in total. The fraction of sp³-hybridized carbons (Fsp3) is 0.400. The average molecular weight is 451 g/mol. The second kappa shape index (κ2) is 12.6. The number of hydrogen-bond acceptors (Lipinski definition) is 7. The number of nitrogens with one attached hydrogen (secondary N) is 1. The van der Waals surface area contributed by atoms with Crippen molar-refractivity contribution in [3.05, 3.63) is 57.4 Å². The standard InChI is InChI=1S/C20H25ClN2O5.Ca.2H/c1-4-28-20(25)18-15(11-27-10-9-22)23-12(2)16(19(24)26-3)17(18)13-7-5-6-8-14(13)21;;;/h5-8,17,23H,4,9-11,22H2,1-3H3;;;/t17-;;;/m0.../s1. The molecule has 0 saturated carbocycles. The number of hydrogen-bond donors (Lipinski definition) is 2. The Balaban J connectivity index is 0.00000420. The molecule has 9 heteroatoms. The minimum absolute atomic E-state index is 0. The van der Waals surface area contributed by atoms with Gasteiger partial charge in [0.1, 0.15) is 0 Å². The summed E-state index contributed by atoms with van der Waals surface area (Å²) in [5.41, 5.74) is 7.70. The van der Waals surface area contributed by atoms with Gasteiger partial charge in [-0.1, -0.05) is 29.8 Å². The summed E-state index contributed by atoms with van der Waals surface area (Å²) in [6, 6.07) is 7.05. The van der Waals surface area contributed by atoms with E-state index < -0.39 is 17.9 Å². The summed E-state index contributed by atoms with van der Waals surface area (Å²) in [6.45, 7) is 4.42. The average Bonchev–Trinajstić information content (AvgIpc) is 2.67. The monoisotopic (exact) mass is 450 g/mol. The number of dihydropyridines is 1. The van der Waals surface area contributed by atoms with Gasteiger partial charge >= 0.3 is 49.7 Å². The van der Waals surface area contributed by atoms with E-state index >= 15 is 0 Å². The molecule has 0 bridgehead atoms. The molecule has 7 nitrogen and oxygen atoms in total. The van der Waals surface area contributed by atoms with Gasteiger partial charge in [-0.2, -0.15) is 0 Å². The summed E-state index contributed by atoms with van der Waals surface area (Å²) in [7, 11) is 1.29. The number of carbonyl (C=O) groups excluding carboxylic acids is 2. The second-order valence-electron chi connectivity index (χ2n) is 6.06. The van der Waals surface area contributed by atoms with Crippen LogP contribution in [-0.2, 0) is 23.8 Å². The van der Waals surface area contributed by atoms with Gasteiger partial charge in [0.15, 0.2) is 0 Å². The van der Waals surface area contributed by atoms with E-state index in [0.29, 0.717) is 40.7 Å². The molecular weight excluding hydrogens is 424 g/mol. The summed E-state index contributed by atoms with van der Waals surface area (Å²) in [4.78, 5) is 25.5. The van der Waals surface area contributed by atoms with Crippen LogP contribution >= 0.6 is 11.6 Å². The molecule has 0 unspecified atom stereocenters. The Kier molecular flexibility index (Phi) is 11.2. The van der Waals surface area contributed by atoms with Crippen molar-refractivity contribution in [1.29, 1.82) is 0 Å². The number of nitrogens with two attached hydrogens (primary N) is 1. The normalized spacial score (nSPS) is 16.1. The van der Waals surface area contributed by atoms with Gasteiger partial charge in [0.25, 0.3) is 0 Å². The summed E-state index contributed by atoms with van der Waals surface area (Å²) in [6.07, 6.45) is 0. The molecular formula is C20H27CaClN2O5. The number of rotatable bonds is 8. The fourth-order valence-electron chi connectivity index (χ4n) is 3.12. The van der Waals surface area contributed by atoms with Gasteiger partial charge in [-0.25, -0.2) is 9.59 Å². The first-order valence-corrected chi connectivity index (χ1v) is 9.32. The van der Waals surface area contributed by atoms with Gasteiger partial charge in [0.05, 0.1) is 49.7 Å². The van der Waals surface area contributed by atoms with E-state index in [1.807, 2.05) is 0 Å². The number of methoxy groups -OCH3 is 1. The predicted octanol–water partition coefficient (Wildman–Crippen LogP) is 1.35. The maximum atomic E-state index is 12.9. The molecule has 29 heavy (non-hydrogen) atoms. The van der Waals surface area contributed by atoms with E-state index in [1.165, 1.54) is 7.11 Å². The second-order valence-corrected chi connectivity index (χ2v) is 6.47. The third kappa shape index (κ3) is 6.20. The fourth-order valence-corrected chi connectivity index (χ4v) is 3.36. The predicted molar refractivity (Wildman–Crippen MR) is 114 cm³/mol. The summed E-state index contributed by atoms with van der Waals surface area (Å²) in [5.74, 6) is -1.86. The van der Waals surface area contributed by atoms with E-state index in [0.717, 1.165) is 0 Å². The van der Waals surface area contributed by atoms with Crippen molar-refractivity contribution in [2.45, 2.75) is 19.8 Å². The Bertz CT molecular complexity index is 810. The first kappa shape index (κ1) is 25.9. The third-order valence-corrected chi connectivity index (χ3v) is 4.61. The van der Waals surface area contributed by atoms with Crippen molar-refractivity contribution in [3.8, 4) is 0 Å². The Labute approximate surface area is 205 Å². The first-order valence-electron chi connectivity index (χ1n) is 8.94. The van der Waals surface area contributed by atoms with Crippen LogP contribution in [0.15, 0.2) is 46.8 Å². The topological polar surface area (TPSA) is 99.9 Å². The number of allylic oxidation sites excluding steroid dienone is 1. The van der Waals surface area contributed by atoms with Gasteiger partial charge < -0.3 is 25.3 Å². The van der Waals surface area contributed by atoms with Crippen molar-refractivity contribution in [2.24, 2.45) is 5.73 Å². The van der Waals surface area contributed by atoms with Gasteiger partial charge in [-0.15, -0.1) is 0 Å². The van der Waals surface area contributed by atoms with Gasteiger partial charge in [-0.3, -0.25) is 0 Å². The van der Waals surface area contributed by atoms with Crippen LogP contribution in [0.4, 0.5) is 0 Å². The summed E-state index contributed by atoms with van der Waals surface area (Å²) >= 11 is 6.42. The van der Waals surface area contributed by atoms with Crippen LogP contribution in [0, 0.1) is 0 Å². The van der Waals surface area contributed by atoms with Crippen molar-refractivity contribution in [2.75, 3.05) is 33.5 Å². The van der Waals surface area contributed by atoms with Gasteiger partial charge in [0, 0.05) is 17.3 Å². The molecule has 156 valence electrons. The number of ether oxygens (including phenoxy) is 3. The Morgan fingerprint density at radius 2 is 1.90 bits per heavy atom. The van der Waals surface area contributed by atoms with Crippen LogP contribution in [-0.4, -0.2) is 83.2 Å². The Hall–Kier alpha value is -1.09. The first-order chi connectivity index (χ1) is 13.5. The van der Waals surface area contributed by atoms with Crippen LogP contribution in [0.25, 0.3) is 0 Å². The van der Waals surface area contributed by atoms with E-state index in [2.05, 4.69) is 5.32 Å². The van der Waals surface area contributed by atoms with E-state index in [4.69, 9.17) is 31.5 Å². The molecule has 1 aromatic rings. The van der Waals surface area contributed by atoms with Gasteiger partial charge in [-0.05, 0) is 25.5 Å². The van der Waals surface area contributed by atoms with Crippen LogP contribution in [0.5, 0.6) is 0 Å². The van der Waals surface area contributed by atoms with Crippen molar-refractivity contribution in [3.63, 3.8) is 0 Å². The SMILES string of the molecule is CCOC(=O)C1=C(COCCN)NC(C)=C(C(=O)OC)[C@@H]1c1ccccc1Cl.[CaH2]. The van der Waals surface area contributed by atoms with Crippen LogP contribution in [0.2, 0.25) is 5.02 Å². The molecule has 1 aliphatic rings. The number of halogens is 1. The molecule has 0 radical (unpaired) electrons. The Morgan fingerprint density at radius 3 is 2.48 bits per heavy atom.